The molecule has 1 N–H and O–H groups in total. The van der Waals surface area contributed by atoms with E-state index >= 15 is 0 Å². The summed E-state index contributed by atoms with van der Waals surface area (Å²) in [5, 5.41) is 3.48. The fourth-order valence-corrected chi connectivity index (χ4v) is 4.63. The Labute approximate surface area is 135 Å². The van der Waals surface area contributed by atoms with Gasteiger partial charge in [-0.15, -0.1) is 0 Å². The zero-order chi connectivity index (χ0) is 15.1. The number of hydrogen-bond donors (Lipinski definition) is 1. The lowest BCUT2D eigenvalue weighted by atomic mass is 10.00. The minimum absolute atomic E-state index is 0.490. The number of hydrogen-bond acceptors (Lipinski definition) is 2. The van der Waals surface area contributed by atoms with Gasteiger partial charge in [-0.1, -0.05) is 51.0 Å². The van der Waals surface area contributed by atoms with Crippen molar-refractivity contribution in [3.63, 3.8) is 0 Å². The average molecular weight is 306 g/mol. The van der Waals surface area contributed by atoms with Gasteiger partial charge in [0.15, 0.2) is 0 Å². The molecule has 0 bridgehead atoms. The Hall–Kier alpha value is -0.470. The van der Waals surface area contributed by atoms with Crippen LogP contribution < -0.4 is 5.32 Å². The molecule has 0 saturated heterocycles. The SMILES string of the molecule is CNC(CSCC1CCCC1)c1ccc(CC(C)C)cc1. The van der Waals surface area contributed by atoms with Gasteiger partial charge in [0.25, 0.3) is 0 Å². The van der Waals surface area contributed by atoms with Crippen molar-refractivity contribution in [3.8, 4) is 0 Å². The molecular weight excluding hydrogens is 274 g/mol. The molecule has 1 atom stereocenters. The molecule has 0 amide bonds. The minimum atomic E-state index is 0.490. The van der Waals surface area contributed by atoms with Gasteiger partial charge in [0, 0.05) is 11.8 Å². The summed E-state index contributed by atoms with van der Waals surface area (Å²) in [7, 11) is 2.09. The maximum absolute atomic E-state index is 3.48. The third-order valence-electron chi connectivity index (χ3n) is 4.49. The Kier molecular flexibility index (Phi) is 7.12. The van der Waals surface area contributed by atoms with Crippen molar-refractivity contribution in [1.82, 2.24) is 5.32 Å². The van der Waals surface area contributed by atoms with Gasteiger partial charge in [-0.2, -0.15) is 11.8 Å². The lowest BCUT2D eigenvalue weighted by Gasteiger charge is -2.18. The second-order valence-electron chi connectivity index (χ2n) is 6.87. The standard InChI is InChI=1S/C19H31NS/c1-15(2)12-16-8-10-18(11-9-16)19(20-3)14-21-13-17-6-4-5-7-17/h8-11,15,17,19-20H,4-7,12-14H2,1-3H3. The number of rotatable bonds is 8. The molecule has 0 aromatic heterocycles. The molecule has 1 fully saturated rings. The topological polar surface area (TPSA) is 12.0 Å². The zero-order valence-electron chi connectivity index (χ0n) is 13.9. The van der Waals surface area contributed by atoms with E-state index < -0.39 is 0 Å². The molecule has 1 saturated carbocycles. The van der Waals surface area contributed by atoms with Crippen LogP contribution in [0, 0.1) is 11.8 Å². The highest BCUT2D eigenvalue weighted by molar-refractivity contribution is 7.99. The van der Waals surface area contributed by atoms with Gasteiger partial charge in [0.1, 0.15) is 0 Å². The van der Waals surface area contributed by atoms with Crippen molar-refractivity contribution in [1.29, 1.82) is 0 Å². The highest BCUT2D eigenvalue weighted by atomic mass is 32.2. The first-order chi connectivity index (χ1) is 10.2. The van der Waals surface area contributed by atoms with Crippen molar-refractivity contribution >= 4 is 11.8 Å². The van der Waals surface area contributed by atoms with Gasteiger partial charge >= 0.3 is 0 Å². The van der Waals surface area contributed by atoms with Crippen LogP contribution in [-0.4, -0.2) is 18.6 Å². The first-order valence-corrected chi connectivity index (χ1v) is 9.68. The molecule has 1 aromatic rings. The molecule has 1 unspecified atom stereocenters. The number of benzene rings is 1. The maximum atomic E-state index is 3.48. The van der Waals surface area contributed by atoms with E-state index in [2.05, 4.69) is 62.2 Å². The van der Waals surface area contributed by atoms with Crippen LogP contribution in [0.2, 0.25) is 0 Å². The van der Waals surface area contributed by atoms with Gasteiger partial charge < -0.3 is 5.32 Å². The van der Waals surface area contributed by atoms with Gasteiger partial charge in [-0.05, 0) is 55.0 Å². The zero-order valence-corrected chi connectivity index (χ0v) is 14.7. The lowest BCUT2D eigenvalue weighted by Crippen LogP contribution is -2.19. The summed E-state index contributed by atoms with van der Waals surface area (Å²) in [6.07, 6.45) is 7.01. The van der Waals surface area contributed by atoms with Crippen molar-refractivity contribution < 1.29 is 0 Å². The molecule has 1 aromatic carbocycles. The Bertz CT molecular complexity index is 393. The van der Waals surface area contributed by atoms with Crippen LogP contribution in [0.5, 0.6) is 0 Å². The van der Waals surface area contributed by atoms with Crippen molar-refractivity contribution in [2.75, 3.05) is 18.6 Å². The quantitative estimate of drug-likeness (QED) is 0.719. The van der Waals surface area contributed by atoms with Crippen molar-refractivity contribution in [3.05, 3.63) is 35.4 Å². The van der Waals surface area contributed by atoms with Crippen LogP contribution in [0.1, 0.15) is 56.7 Å². The third kappa shape index (κ3) is 5.67. The van der Waals surface area contributed by atoms with E-state index in [4.69, 9.17) is 0 Å². The second kappa shape index (κ2) is 8.85. The molecule has 2 heteroatoms. The Morgan fingerprint density at radius 2 is 1.81 bits per heavy atom. The molecule has 2 rings (SSSR count). The van der Waals surface area contributed by atoms with Crippen LogP contribution >= 0.6 is 11.8 Å². The number of thioether (sulfide) groups is 1. The molecule has 0 heterocycles. The minimum Gasteiger partial charge on any atom is -0.312 e. The second-order valence-corrected chi connectivity index (χ2v) is 7.94. The average Bonchev–Trinajstić information content (AvgIpc) is 2.97. The monoisotopic (exact) mass is 305 g/mol. The van der Waals surface area contributed by atoms with E-state index in [0.717, 1.165) is 11.8 Å². The summed E-state index contributed by atoms with van der Waals surface area (Å²) in [5.74, 6) is 4.26. The van der Waals surface area contributed by atoms with E-state index in [1.165, 1.54) is 54.7 Å². The molecule has 0 radical (unpaired) electrons. The van der Waals surface area contributed by atoms with E-state index in [-0.39, 0.29) is 0 Å². The van der Waals surface area contributed by atoms with Crippen molar-refractivity contribution in [2.45, 2.75) is 52.0 Å². The lowest BCUT2D eigenvalue weighted by molar-refractivity contribution is 0.618. The molecule has 1 aliphatic rings. The van der Waals surface area contributed by atoms with Gasteiger partial charge in [0.2, 0.25) is 0 Å². The summed E-state index contributed by atoms with van der Waals surface area (Å²) in [4.78, 5) is 0. The fraction of sp³-hybridized carbons (Fsp3) is 0.684. The highest BCUT2D eigenvalue weighted by Gasteiger charge is 2.16. The van der Waals surface area contributed by atoms with E-state index in [9.17, 15) is 0 Å². The molecule has 118 valence electrons. The molecule has 21 heavy (non-hydrogen) atoms. The largest absolute Gasteiger partial charge is 0.312 e. The Morgan fingerprint density at radius 1 is 1.14 bits per heavy atom. The molecule has 0 aliphatic heterocycles. The van der Waals surface area contributed by atoms with Gasteiger partial charge in [-0.3, -0.25) is 0 Å². The highest BCUT2D eigenvalue weighted by Crippen LogP contribution is 2.29. The van der Waals surface area contributed by atoms with Crippen LogP contribution in [0.25, 0.3) is 0 Å². The van der Waals surface area contributed by atoms with E-state index in [0.29, 0.717) is 6.04 Å². The predicted octanol–water partition coefficient (Wildman–Crippen LogP) is 5.07. The first-order valence-electron chi connectivity index (χ1n) is 8.53. The molecule has 0 spiro atoms. The van der Waals surface area contributed by atoms with Crippen LogP contribution in [-0.2, 0) is 6.42 Å². The molecule has 1 aliphatic carbocycles. The van der Waals surface area contributed by atoms with Crippen LogP contribution in [0.3, 0.4) is 0 Å². The number of nitrogens with one attached hydrogen (secondary N) is 1. The van der Waals surface area contributed by atoms with Crippen LogP contribution in [0.4, 0.5) is 0 Å². The van der Waals surface area contributed by atoms with Crippen LogP contribution in [0.15, 0.2) is 24.3 Å². The fourth-order valence-electron chi connectivity index (χ4n) is 3.23. The maximum Gasteiger partial charge on any atom is 0.0409 e. The smallest absolute Gasteiger partial charge is 0.0409 e. The predicted molar refractivity (Wildman–Crippen MR) is 96.1 cm³/mol. The molecular formula is C19H31NS. The van der Waals surface area contributed by atoms with E-state index in [1.807, 2.05) is 0 Å². The Balaban J connectivity index is 1.81. The third-order valence-corrected chi connectivity index (χ3v) is 5.76. The summed E-state index contributed by atoms with van der Waals surface area (Å²) >= 11 is 2.13. The summed E-state index contributed by atoms with van der Waals surface area (Å²) < 4.78 is 0. The van der Waals surface area contributed by atoms with Crippen molar-refractivity contribution in [2.24, 2.45) is 11.8 Å². The van der Waals surface area contributed by atoms with Gasteiger partial charge in [-0.25, -0.2) is 0 Å². The summed E-state index contributed by atoms with van der Waals surface area (Å²) in [6.45, 7) is 4.56. The summed E-state index contributed by atoms with van der Waals surface area (Å²) in [5.41, 5.74) is 2.89. The summed E-state index contributed by atoms with van der Waals surface area (Å²) in [6, 6.07) is 9.73. The molecule has 1 nitrogen and oxygen atoms in total. The van der Waals surface area contributed by atoms with E-state index in [1.54, 1.807) is 0 Å². The Morgan fingerprint density at radius 3 is 2.38 bits per heavy atom. The van der Waals surface area contributed by atoms with Gasteiger partial charge in [0.05, 0.1) is 0 Å². The first kappa shape index (κ1) is 16.9. The normalized spacial score (nSPS) is 17.5.